The lowest BCUT2D eigenvalue weighted by Gasteiger charge is -2.63. The summed E-state index contributed by atoms with van der Waals surface area (Å²) in [5.41, 5.74) is -0.462. The molecule has 5 saturated heterocycles. The molecular formula is C61H98O20. The Bertz CT molecular complexity index is 2200. The van der Waals surface area contributed by atoms with Crippen LogP contribution in [0.4, 0.5) is 0 Å². The lowest BCUT2D eigenvalue weighted by atomic mass is 9.45. The van der Waals surface area contributed by atoms with Crippen molar-refractivity contribution in [3.8, 4) is 0 Å². The van der Waals surface area contributed by atoms with Crippen molar-refractivity contribution < 1.29 is 95.6 Å². The third-order valence-electron chi connectivity index (χ3n) is 21.0. The van der Waals surface area contributed by atoms with E-state index >= 15 is 0 Å². The fourth-order valence-electron chi connectivity index (χ4n) is 16.1. The number of aliphatic hydroxyl groups is 2. The monoisotopic (exact) mass is 1150 g/mol. The first-order valence-electron chi connectivity index (χ1n) is 30.2. The van der Waals surface area contributed by atoms with Crippen LogP contribution in [-0.4, -0.2) is 198 Å². The molecule has 0 aromatic rings. The molecule has 28 atom stereocenters. The molecular weight excluding hydrogens is 1050 g/mol. The van der Waals surface area contributed by atoms with Gasteiger partial charge in [-0.1, -0.05) is 31.6 Å². The van der Waals surface area contributed by atoms with Crippen LogP contribution in [0.3, 0.4) is 0 Å². The summed E-state index contributed by atoms with van der Waals surface area (Å²) in [6.07, 6.45) is 0.391. The average Bonchev–Trinajstić information content (AvgIpc) is 2.06. The van der Waals surface area contributed by atoms with Gasteiger partial charge in [-0.3, -0.25) is 4.79 Å². The molecule has 9 aliphatic rings. The number of hydrogen-bond acceptors (Lipinski definition) is 20. The van der Waals surface area contributed by atoms with E-state index in [1.807, 2.05) is 41.5 Å². The van der Waals surface area contributed by atoms with Crippen molar-refractivity contribution in [1.82, 2.24) is 0 Å². The normalized spacial score (nSPS) is 49.5. The number of esters is 1. The third-order valence-corrected chi connectivity index (χ3v) is 21.0. The van der Waals surface area contributed by atoms with E-state index in [0.29, 0.717) is 63.4 Å². The average molecular weight is 1150 g/mol. The summed E-state index contributed by atoms with van der Waals surface area (Å²) >= 11 is 0. The highest BCUT2D eigenvalue weighted by Gasteiger charge is 2.71. The molecule has 2 N–H and O–H groups in total. The number of Topliss-reactive ketones (excluding diaryl/α,β-unsaturated/α-hetero) is 1. The molecule has 8 fully saturated rings. The van der Waals surface area contributed by atoms with E-state index in [9.17, 15) is 19.8 Å². The number of methoxy groups -OCH3 is 5. The second kappa shape index (κ2) is 26.1. The quantitative estimate of drug-likeness (QED) is 0.0819. The van der Waals surface area contributed by atoms with Gasteiger partial charge < -0.3 is 86.0 Å². The number of aliphatic hydroxyl groups excluding tert-OH is 1. The third kappa shape index (κ3) is 12.5. The van der Waals surface area contributed by atoms with Gasteiger partial charge in [-0.2, -0.15) is 0 Å². The second-order valence-electron chi connectivity index (χ2n) is 25.4. The topological polar surface area (TPSA) is 222 Å². The van der Waals surface area contributed by atoms with Crippen LogP contribution in [0.2, 0.25) is 0 Å². The van der Waals surface area contributed by atoms with E-state index in [1.54, 1.807) is 62.4 Å². The Morgan fingerprint density at radius 2 is 1.00 bits per heavy atom. The zero-order valence-corrected chi connectivity index (χ0v) is 50.8. The van der Waals surface area contributed by atoms with Crippen molar-refractivity contribution in [3.63, 3.8) is 0 Å². The second-order valence-corrected chi connectivity index (χ2v) is 25.4. The molecule has 0 bridgehead atoms. The minimum absolute atomic E-state index is 0.0391. The van der Waals surface area contributed by atoms with Crippen LogP contribution >= 0.6 is 0 Å². The van der Waals surface area contributed by atoms with E-state index in [0.717, 1.165) is 19.3 Å². The Balaban J connectivity index is 0.763. The fourth-order valence-corrected chi connectivity index (χ4v) is 16.1. The highest BCUT2D eigenvalue weighted by atomic mass is 16.8. The lowest BCUT2D eigenvalue weighted by molar-refractivity contribution is -0.352. The molecule has 0 aromatic carbocycles. The first-order chi connectivity index (χ1) is 38.5. The van der Waals surface area contributed by atoms with Crippen LogP contribution in [0.5, 0.6) is 0 Å². The number of ketones is 1. The Kier molecular flexibility index (Phi) is 20.4. The first kappa shape index (κ1) is 63.4. The number of carbonyl (C=O) groups excluding carboxylic acids is 2. The molecule has 0 aromatic heterocycles. The summed E-state index contributed by atoms with van der Waals surface area (Å²) in [6, 6.07) is 0. The zero-order chi connectivity index (χ0) is 58.5. The molecule has 0 spiro atoms. The lowest BCUT2D eigenvalue weighted by Crippen LogP contribution is -2.66. The summed E-state index contributed by atoms with van der Waals surface area (Å²) in [5, 5.41) is 23.4. The molecule has 0 amide bonds. The summed E-state index contributed by atoms with van der Waals surface area (Å²) < 4.78 is 101. The van der Waals surface area contributed by atoms with Crippen molar-refractivity contribution in [2.24, 2.45) is 28.6 Å². The summed E-state index contributed by atoms with van der Waals surface area (Å²) in [7, 11) is 8.22. The molecule has 5 heterocycles. The molecule has 9 rings (SSSR count). The largest absolute Gasteiger partial charge is 0.458 e. The molecule has 0 radical (unpaired) electrons. The number of fused-ring (bicyclic) bond motifs is 5. The van der Waals surface area contributed by atoms with Gasteiger partial charge in [0.25, 0.3) is 0 Å². The fraction of sp³-hybridized carbons (Fsp3) is 0.902. The van der Waals surface area contributed by atoms with Crippen LogP contribution in [0, 0.1) is 28.6 Å². The van der Waals surface area contributed by atoms with Gasteiger partial charge in [0, 0.05) is 84.6 Å². The highest BCUT2D eigenvalue weighted by molar-refractivity contribution is 5.88. The number of carbonyl (C=O) groups is 2. The van der Waals surface area contributed by atoms with Crippen molar-refractivity contribution >= 4 is 11.8 Å². The van der Waals surface area contributed by atoms with E-state index in [2.05, 4.69) is 13.0 Å². The molecule has 81 heavy (non-hydrogen) atoms. The van der Waals surface area contributed by atoms with Crippen molar-refractivity contribution in [3.05, 3.63) is 23.3 Å². The van der Waals surface area contributed by atoms with Crippen molar-refractivity contribution in [2.45, 2.75) is 287 Å². The minimum atomic E-state index is -1.16. The highest BCUT2D eigenvalue weighted by Crippen LogP contribution is 2.69. The van der Waals surface area contributed by atoms with Crippen LogP contribution in [0.1, 0.15) is 146 Å². The van der Waals surface area contributed by atoms with Gasteiger partial charge in [0.2, 0.25) is 0 Å². The Labute approximate surface area is 480 Å². The standard InChI is InChI=1S/C61H98O20/c1-16-30(2)58(64)77-47-24-41-40(61(65)22-20-39(31(3)62)60(47,61)10)18-17-37-23-38(19-21-59(37,41)9)76-48-26-43(67-12)54(33(5)72-48)79-50-28-45(69-14)56(35(7)74-50)81-52-29-46(70-15)57(36(8)75-52)80-51-27-44(68-13)55(34(6)73-51)78-49-25-42(66-11)53(63)32(4)71-49/h16-17,32-36,38-57,63,65H,18-29H2,1-15H3/t32?,33?,34?,35?,36?,38?,39?,40?,41?,42?,43?,44?,45?,46?,47?,48-,49-,50-,51-,52-,53+,54+,55+,56+,57+,59?,60?,61?/m0/s1. The zero-order valence-electron chi connectivity index (χ0n) is 50.8. The summed E-state index contributed by atoms with van der Waals surface area (Å²) in [4.78, 5) is 26.6. The van der Waals surface area contributed by atoms with Gasteiger partial charge in [0.05, 0.1) is 72.7 Å². The molecule has 20 heteroatoms. The Morgan fingerprint density at radius 3 is 1.42 bits per heavy atom. The van der Waals surface area contributed by atoms with Gasteiger partial charge in [-0.25, -0.2) is 4.79 Å². The Hall–Kier alpha value is -2.06. The van der Waals surface area contributed by atoms with E-state index in [1.165, 1.54) is 5.57 Å². The first-order valence-corrected chi connectivity index (χ1v) is 30.2. The number of rotatable bonds is 18. The summed E-state index contributed by atoms with van der Waals surface area (Å²) in [6.45, 7) is 19.1. The number of hydrogen-bond donors (Lipinski definition) is 2. The molecule has 18 unspecified atom stereocenters. The molecule has 20 nitrogen and oxygen atoms in total. The maximum absolute atomic E-state index is 13.4. The molecule has 462 valence electrons. The van der Waals surface area contributed by atoms with Gasteiger partial charge in [-0.15, -0.1) is 0 Å². The van der Waals surface area contributed by atoms with Crippen LogP contribution in [-0.2, 0) is 85.4 Å². The maximum Gasteiger partial charge on any atom is 0.333 e. The van der Waals surface area contributed by atoms with Crippen LogP contribution in [0.15, 0.2) is 23.3 Å². The Morgan fingerprint density at radius 1 is 0.580 bits per heavy atom. The minimum Gasteiger partial charge on any atom is -0.458 e. The van der Waals surface area contributed by atoms with Crippen molar-refractivity contribution in [1.29, 1.82) is 0 Å². The van der Waals surface area contributed by atoms with Gasteiger partial charge >= 0.3 is 5.97 Å². The molecule has 4 aliphatic carbocycles. The van der Waals surface area contributed by atoms with E-state index < -0.39 is 128 Å². The summed E-state index contributed by atoms with van der Waals surface area (Å²) in [5.74, 6) is -0.746. The smallest absolute Gasteiger partial charge is 0.333 e. The van der Waals surface area contributed by atoms with Crippen molar-refractivity contribution in [2.75, 3.05) is 35.5 Å². The predicted molar refractivity (Wildman–Crippen MR) is 291 cm³/mol. The maximum atomic E-state index is 13.4. The van der Waals surface area contributed by atoms with E-state index in [-0.39, 0.29) is 53.4 Å². The van der Waals surface area contributed by atoms with Crippen LogP contribution < -0.4 is 0 Å². The SMILES string of the molecule is CC=C(C)C(=O)OC1CC2C(CC=C3CC(O[C@H]4CC(OC)[C@H](O[C@H]5CC(OC)[C@H](O[C@H]6CC(OC)[C@H](O[C@H]7CC(OC)[C@H](O[C@H]8CC(OC)[C@H](O)C(C)O8)C(C)O7)C(C)O6)C(C)O5)C(C)O4)CCC32C)C2(O)CCC(C(C)=O)C12C. The number of allylic oxidation sites excluding steroid dienone is 2. The van der Waals surface area contributed by atoms with E-state index in [4.69, 9.17) is 75.8 Å². The molecule has 5 aliphatic heterocycles. The van der Waals surface area contributed by atoms with Gasteiger partial charge in [0.1, 0.15) is 42.4 Å². The molecule has 3 saturated carbocycles. The number of ether oxygens (including phenoxy) is 16. The van der Waals surface area contributed by atoms with Crippen LogP contribution in [0.25, 0.3) is 0 Å². The van der Waals surface area contributed by atoms with Gasteiger partial charge in [-0.05, 0) is 118 Å². The van der Waals surface area contributed by atoms with Gasteiger partial charge in [0.15, 0.2) is 31.5 Å². The predicted octanol–water partition coefficient (Wildman–Crippen LogP) is 6.79.